The monoisotopic (exact) mass is 529 g/mol. The van der Waals surface area contributed by atoms with E-state index in [-0.39, 0.29) is 16.9 Å². The lowest BCUT2D eigenvalue weighted by Crippen LogP contribution is -2.33. The van der Waals surface area contributed by atoms with Crippen LogP contribution >= 0.6 is 0 Å². The molecule has 0 unspecified atom stereocenters. The number of aromatic nitrogens is 7. The summed E-state index contributed by atoms with van der Waals surface area (Å²) in [5.74, 6) is 6.10. The van der Waals surface area contributed by atoms with E-state index in [2.05, 4.69) is 32.3 Å². The molecule has 0 saturated heterocycles. The number of amides is 1. The molecule has 0 fully saturated rings. The number of carbonyl (C=O) groups excluding carboxylic acids is 1. The summed E-state index contributed by atoms with van der Waals surface area (Å²) in [6, 6.07) is 17.3. The van der Waals surface area contributed by atoms with Gasteiger partial charge in [0.25, 0.3) is 11.5 Å². The first-order valence-electron chi connectivity index (χ1n) is 12.4. The summed E-state index contributed by atoms with van der Waals surface area (Å²) in [5, 5.41) is 11.6. The number of carbonyl (C=O) groups is 1. The zero-order valence-electron chi connectivity index (χ0n) is 21.6. The van der Waals surface area contributed by atoms with E-state index < -0.39 is 11.9 Å². The molecule has 2 aromatic carbocycles. The van der Waals surface area contributed by atoms with Gasteiger partial charge in [-0.1, -0.05) is 30.2 Å². The number of hydrogen-bond acceptors (Lipinski definition) is 7. The predicted octanol–water partition coefficient (Wildman–Crippen LogP) is 2.63. The van der Waals surface area contributed by atoms with E-state index >= 15 is 0 Å². The number of nitrogens with two attached hydrogens (primary N) is 1. The van der Waals surface area contributed by atoms with E-state index in [1.165, 1.54) is 9.08 Å². The van der Waals surface area contributed by atoms with Crippen LogP contribution in [0.2, 0.25) is 0 Å². The summed E-state index contributed by atoms with van der Waals surface area (Å²) in [6.45, 7) is 1.76. The second kappa shape index (κ2) is 9.85. The molecule has 6 rings (SSSR count). The van der Waals surface area contributed by atoms with E-state index in [0.29, 0.717) is 39.3 Å². The van der Waals surface area contributed by atoms with Crippen molar-refractivity contribution >= 4 is 28.3 Å². The third kappa shape index (κ3) is 4.23. The van der Waals surface area contributed by atoms with Crippen molar-refractivity contribution < 1.29 is 4.79 Å². The smallest absolute Gasteiger partial charge is 0.267 e. The Labute approximate surface area is 227 Å². The van der Waals surface area contributed by atoms with Crippen molar-refractivity contribution in [3.05, 3.63) is 112 Å². The molecule has 0 radical (unpaired) electrons. The Morgan fingerprint density at radius 3 is 2.62 bits per heavy atom. The van der Waals surface area contributed by atoms with Crippen LogP contribution in [0.25, 0.3) is 22.2 Å². The van der Waals surface area contributed by atoms with Crippen LogP contribution in [0.15, 0.2) is 84.0 Å². The van der Waals surface area contributed by atoms with Crippen molar-refractivity contribution in [1.29, 1.82) is 0 Å². The molecular weight excluding hydrogens is 506 g/mol. The number of nitrogens with one attached hydrogen (secondary N) is 1. The second-order valence-corrected chi connectivity index (χ2v) is 9.08. The standard InChI is InChI=1S/C29H23N9O2/c1-18(33-28(39)24-25(30)35-37-17-7-15-31-27(24)37)26-34-22-11-6-8-19(12-13-20-14-16-32-36(20)2)23(22)29(40)38(26)21-9-4-3-5-10-21/h3-11,14-18H,1-2H3,(H2,30,35)(H,33,39)/t18-/m0/s1. The lowest BCUT2D eigenvalue weighted by atomic mass is 10.1. The number of anilines is 1. The molecule has 0 aliphatic rings. The summed E-state index contributed by atoms with van der Waals surface area (Å²) < 4.78 is 4.60. The van der Waals surface area contributed by atoms with Gasteiger partial charge in [-0.3, -0.25) is 18.8 Å². The first-order chi connectivity index (χ1) is 19.4. The summed E-state index contributed by atoms with van der Waals surface area (Å²) in [7, 11) is 1.80. The molecule has 196 valence electrons. The van der Waals surface area contributed by atoms with Crippen molar-refractivity contribution in [3.63, 3.8) is 0 Å². The zero-order valence-corrected chi connectivity index (χ0v) is 21.6. The van der Waals surface area contributed by atoms with Crippen LogP contribution in [0.5, 0.6) is 0 Å². The third-order valence-electron chi connectivity index (χ3n) is 6.47. The maximum atomic E-state index is 14.1. The van der Waals surface area contributed by atoms with Gasteiger partial charge in [-0.2, -0.15) is 5.10 Å². The fourth-order valence-electron chi connectivity index (χ4n) is 4.55. The van der Waals surface area contributed by atoms with Gasteiger partial charge in [-0.15, -0.1) is 5.10 Å². The van der Waals surface area contributed by atoms with E-state index in [4.69, 9.17) is 10.7 Å². The summed E-state index contributed by atoms with van der Waals surface area (Å²) in [6.07, 6.45) is 4.88. The molecule has 3 N–H and O–H groups in total. The van der Waals surface area contributed by atoms with Crippen molar-refractivity contribution in [2.45, 2.75) is 13.0 Å². The molecule has 0 aliphatic carbocycles. The fraction of sp³-hybridized carbons (Fsp3) is 0.103. The number of hydrogen-bond donors (Lipinski definition) is 2. The minimum absolute atomic E-state index is 0.0481. The SMILES string of the molecule is C[C@H](NC(=O)c1c(N)nn2cccnc12)c1nc2cccc(C#Cc3ccnn3C)c2c(=O)n1-c1ccccc1. The lowest BCUT2D eigenvalue weighted by molar-refractivity contribution is 0.0940. The van der Waals surface area contributed by atoms with Gasteiger partial charge in [0, 0.05) is 25.0 Å². The minimum atomic E-state index is -0.688. The topological polar surface area (TPSA) is 138 Å². The van der Waals surface area contributed by atoms with Crippen LogP contribution in [0, 0.1) is 11.8 Å². The molecule has 11 heteroatoms. The van der Waals surface area contributed by atoms with Gasteiger partial charge in [0.05, 0.1) is 28.8 Å². The van der Waals surface area contributed by atoms with Crippen molar-refractivity contribution in [2.75, 3.05) is 5.73 Å². The number of benzene rings is 2. The molecule has 1 amide bonds. The van der Waals surface area contributed by atoms with Gasteiger partial charge in [0.15, 0.2) is 11.5 Å². The highest BCUT2D eigenvalue weighted by Gasteiger charge is 2.24. The fourth-order valence-corrected chi connectivity index (χ4v) is 4.55. The minimum Gasteiger partial charge on any atom is -0.381 e. The number of para-hydroxylation sites is 1. The molecule has 6 aromatic rings. The Morgan fingerprint density at radius 1 is 1.02 bits per heavy atom. The average molecular weight is 530 g/mol. The highest BCUT2D eigenvalue weighted by molar-refractivity contribution is 6.04. The average Bonchev–Trinajstić information content (AvgIpc) is 3.53. The van der Waals surface area contributed by atoms with Gasteiger partial charge in [-0.25, -0.2) is 14.5 Å². The number of nitrogen functional groups attached to an aromatic ring is 1. The van der Waals surface area contributed by atoms with Gasteiger partial charge in [0.1, 0.15) is 17.1 Å². The second-order valence-electron chi connectivity index (χ2n) is 9.08. The van der Waals surface area contributed by atoms with Crippen LogP contribution in [-0.4, -0.2) is 39.8 Å². The first-order valence-corrected chi connectivity index (χ1v) is 12.4. The van der Waals surface area contributed by atoms with Crippen molar-refractivity contribution in [3.8, 4) is 17.5 Å². The van der Waals surface area contributed by atoms with Crippen LogP contribution in [-0.2, 0) is 7.05 Å². The molecular formula is C29H23N9O2. The molecule has 40 heavy (non-hydrogen) atoms. The number of fused-ring (bicyclic) bond motifs is 2. The lowest BCUT2D eigenvalue weighted by Gasteiger charge is -2.20. The van der Waals surface area contributed by atoms with E-state index in [1.807, 2.05) is 30.3 Å². The van der Waals surface area contributed by atoms with Crippen LogP contribution in [0.1, 0.15) is 40.4 Å². The largest absolute Gasteiger partial charge is 0.381 e. The normalized spacial score (nSPS) is 11.8. The summed E-state index contributed by atoms with van der Waals surface area (Å²) >= 11 is 0. The molecule has 0 bridgehead atoms. The Balaban J connectivity index is 1.48. The Kier molecular flexibility index (Phi) is 6.05. The van der Waals surface area contributed by atoms with Gasteiger partial charge >= 0.3 is 0 Å². The van der Waals surface area contributed by atoms with Crippen molar-refractivity contribution in [2.24, 2.45) is 7.05 Å². The van der Waals surface area contributed by atoms with Crippen molar-refractivity contribution in [1.82, 2.24) is 39.2 Å². The maximum Gasteiger partial charge on any atom is 0.267 e. The van der Waals surface area contributed by atoms with E-state index in [0.717, 1.165) is 0 Å². The van der Waals surface area contributed by atoms with Gasteiger partial charge in [0.2, 0.25) is 0 Å². The highest BCUT2D eigenvalue weighted by Crippen LogP contribution is 2.22. The molecule has 11 nitrogen and oxygen atoms in total. The van der Waals surface area contributed by atoms with Gasteiger partial charge < -0.3 is 11.1 Å². The van der Waals surface area contributed by atoms with Crippen LogP contribution < -0.4 is 16.6 Å². The van der Waals surface area contributed by atoms with Crippen LogP contribution in [0.3, 0.4) is 0 Å². The molecule has 4 aromatic heterocycles. The molecule has 1 atom stereocenters. The van der Waals surface area contributed by atoms with Crippen LogP contribution in [0.4, 0.5) is 5.82 Å². The predicted molar refractivity (Wildman–Crippen MR) is 150 cm³/mol. The quantitative estimate of drug-likeness (QED) is 0.335. The summed E-state index contributed by atoms with van der Waals surface area (Å²) in [4.78, 5) is 36.6. The highest BCUT2D eigenvalue weighted by atomic mass is 16.2. The molecule has 0 spiro atoms. The Morgan fingerprint density at radius 2 is 1.85 bits per heavy atom. The molecule has 4 heterocycles. The Bertz CT molecular complexity index is 2030. The molecule has 0 saturated carbocycles. The third-order valence-corrected chi connectivity index (χ3v) is 6.47. The first kappa shape index (κ1) is 24.6. The van der Waals surface area contributed by atoms with E-state index in [1.54, 1.807) is 67.6 Å². The number of nitrogens with zero attached hydrogens (tertiary/aromatic N) is 7. The van der Waals surface area contributed by atoms with E-state index in [9.17, 15) is 9.59 Å². The summed E-state index contributed by atoms with van der Waals surface area (Å²) in [5.41, 5.74) is 8.53. The maximum absolute atomic E-state index is 14.1. The van der Waals surface area contributed by atoms with Gasteiger partial charge in [-0.05, 0) is 49.2 Å². The Hall–Kier alpha value is -5.76. The number of rotatable bonds is 4. The zero-order chi connectivity index (χ0) is 27.8. The molecule has 0 aliphatic heterocycles. The number of aryl methyl sites for hydroxylation is 1.